The lowest BCUT2D eigenvalue weighted by Crippen LogP contribution is -2.27. The predicted molar refractivity (Wildman–Crippen MR) is 101 cm³/mol. The zero-order valence-corrected chi connectivity index (χ0v) is 15.8. The van der Waals surface area contributed by atoms with Crippen LogP contribution in [0.4, 0.5) is 10.8 Å². The molecule has 2 N–H and O–H groups in total. The molecule has 0 atom stereocenters. The molecule has 8 heteroatoms. The molecule has 1 saturated carbocycles. The molecule has 132 valence electrons. The monoisotopic (exact) mass is 376 g/mol. The van der Waals surface area contributed by atoms with Gasteiger partial charge in [-0.1, -0.05) is 47.7 Å². The minimum Gasteiger partial charge on any atom is -0.325 e. The molecule has 0 aliphatic heterocycles. The largest absolute Gasteiger partial charge is 0.325 e. The highest BCUT2D eigenvalue weighted by Crippen LogP contribution is 2.30. The van der Waals surface area contributed by atoms with Crippen LogP contribution in [0.15, 0.2) is 22.5 Å². The number of rotatable bonds is 6. The van der Waals surface area contributed by atoms with E-state index in [1.807, 2.05) is 32.0 Å². The smallest absolute Gasteiger partial charge is 0.234 e. The van der Waals surface area contributed by atoms with Gasteiger partial charge in [0.05, 0.1) is 5.75 Å². The third-order valence-electron chi connectivity index (χ3n) is 4.18. The van der Waals surface area contributed by atoms with E-state index in [-0.39, 0.29) is 23.5 Å². The van der Waals surface area contributed by atoms with Gasteiger partial charge >= 0.3 is 0 Å². The summed E-state index contributed by atoms with van der Waals surface area (Å²) < 4.78 is 0.667. The van der Waals surface area contributed by atoms with Gasteiger partial charge in [-0.2, -0.15) is 0 Å². The maximum atomic E-state index is 12.2. The van der Waals surface area contributed by atoms with Gasteiger partial charge in [0, 0.05) is 11.6 Å². The Hall–Kier alpha value is -1.93. The number of carbonyl (C=O) groups is 2. The first-order valence-electron chi connectivity index (χ1n) is 8.16. The Bertz CT molecular complexity index is 766. The van der Waals surface area contributed by atoms with E-state index in [4.69, 9.17) is 0 Å². The van der Waals surface area contributed by atoms with E-state index in [1.54, 1.807) is 0 Å². The van der Waals surface area contributed by atoms with Gasteiger partial charge < -0.3 is 10.6 Å². The van der Waals surface area contributed by atoms with E-state index in [2.05, 4.69) is 20.8 Å². The SMILES string of the molecule is Cc1cccc(C)c1NC(=O)CSc1nnc(NC(=O)C2CCC2)s1. The highest BCUT2D eigenvalue weighted by Gasteiger charge is 2.26. The minimum absolute atomic E-state index is 0.0201. The lowest BCUT2D eigenvalue weighted by molar-refractivity contribution is -0.122. The van der Waals surface area contributed by atoms with Gasteiger partial charge in [0.15, 0.2) is 4.34 Å². The molecule has 2 amide bonds. The molecule has 1 aliphatic carbocycles. The average molecular weight is 377 g/mol. The van der Waals surface area contributed by atoms with E-state index in [1.165, 1.54) is 23.1 Å². The summed E-state index contributed by atoms with van der Waals surface area (Å²) in [7, 11) is 0. The highest BCUT2D eigenvalue weighted by molar-refractivity contribution is 8.01. The van der Waals surface area contributed by atoms with Crippen molar-refractivity contribution in [2.45, 2.75) is 37.4 Å². The summed E-state index contributed by atoms with van der Waals surface area (Å²) in [6.07, 6.45) is 3.01. The maximum Gasteiger partial charge on any atom is 0.234 e. The zero-order valence-electron chi connectivity index (χ0n) is 14.2. The Kier molecular flexibility index (Phi) is 5.70. The van der Waals surface area contributed by atoms with E-state index >= 15 is 0 Å². The fourth-order valence-electron chi connectivity index (χ4n) is 2.51. The van der Waals surface area contributed by atoms with E-state index in [0.717, 1.165) is 36.1 Å². The molecule has 0 spiro atoms. The highest BCUT2D eigenvalue weighted by atomic mass is 32.2. The molecule has 0 radical (unpaired) electrons. The Morgan fingerprint density at radius 1 is 1.20 bits per heavy atom. The molecule has 2 aromatic rings. The quantitative estimate of drug-likeness (QED) is 0.594. The van der Waals surface area contributed by atoms with Crippen molar-refractivity contribution in [3.05, 3.63) is 29.3 Å². The number of anilines is 2. The molecule has 25 heavy (non-hydrogen) atoms. The molecule has 0 saturated heterocycles. The van der Waals surface area contributed by atoms with Crippen molar-refractivity contribution in [3.8, 4) is 0 Å². The molecular weight excluding hydrogens is 356 g/mol. The second kappa shape index (κ2) is 7.97. The molecule has 1 aliphatic rings. The number of aryl methyl sites for hydroxylation is 2. The van der Waals surface area contributed by atoms with Crippen LogP contribution in [0.2, 0.25) is 0 Å². The summed E-state index contributed by atoms with van der Waals surface area (Å²) in [5.41, 5.74) is 2.93. The summed E-state index contributed by atoms with van der Waals surface area (Å²) in [6, 6.07) is 5.91. The van der Waals surface area contributed by atoms with Crippen molar-refractivity contribution < 1.29 is 9.59 Å². The zero-order chi connectivity index (χ0) is 17.8. The summed E-state index contributed by atoms with van der Waals surface area (Å²) in [6.45, 7) is 3.94. The maximum absolute atomic E-state index is 12.2. The van der Waals surface area contributed by atoms with E-state index in [9.17, 15) is 9.59 Å². The van der Waals surface area contributed by atoms with Crippen molar-refractivity contribution in [2.75, 3.05) is 16.4 Å². The normalized spacial score (nSPS) is 14.0. The predicted octanol–water partition coefficient (Wildman–Crippen LogP) is 3.62. The van der Waals surface area contributed by atoms with Crippen LogP contribution in [-0.2, 0) is 9.59 Å². The van der Waals surface area contributed by atoms with Crippen LogP contribution < -0.4 is 10.6 Å². The summed E-state index contributed by atoms with van der Waals surface area (Å²) in [5, 5.41) is 14.2. The van der Waals surface area contributed by atoms with Gasteiger partial charge in [0.2, 0.25) is 16.9 Å². The van der Waals surface area contributed by atoms with Gasteiger partial charge in [-0.25, -0.2) is 0 Å². The molecule has 1 heterocycles. The van der Waals surface area contributed by atoms with Gasteiger partial charge in [-0.3, -0.25) is 9.59 Å². The number of para-hydroxylation sites is 1. The molecule has 6 nitrogen and oxygen atoms in total. The van der Waals surface area contributed by atoms with Crippen LogP contribution in [0, 0.1) is 19.8 Å². The minimum atomic E-state index is -0.0855. The first-order valence-corrected chi connectivity index (χ1v) is 9.96. The lowest BCUT2D eigenvalue weighted by atomic mass is 9.85. The van der Waals surface area contributed by atoms with Crippen molar-refractivity contribution in [1.29, 1.82) is 0 Å². The number of nitrogens with one attached hydrogen (secondary N) is 2. The van der Waals surface area contributed by atoms with Crippen molar-refractivity contribution in [1.82, 2.24) is 10.2 Å². The fraction of sp³-hybridized carbons (Fsp3) is 0.412. The fourth-order valence-corrected chi connectivity index (χ4v) is 4.07. The first kappa shape index (κ1) is 17.9. The summed E-state index contributed by atoms with van der Waals surface area (Å²) in [4.78, 5) is 24.1. The standard InChI is InChI=1S/C17H20N4O2S2/c1-10-5-3-6-11(2)14(10)18-13(22)9-24-17-21-20-16(25-17)19-15(23)12-7-4-8-12/h3,5-6,12H,4,7-9H2,1-2H3,(H,18,22)(H,19,20,23). The van der Waals surface area contributed by atoms with Crippen molar-refractivity contribution >= 4 is 45.7 Å². The van der Waals surface area contributed by atoms with Crippen LogP contribution in [0.3, 0.4) is 0 Å². The van der Waals surface area contributed by atoms with Gasteiger partial charge in [-0.05, 0) is 37.8 Å². The van der Waals surface area contributed by atoms with E-state index < -0.39 is 0 Å². The van der Waals surface area contributed by atoms with Gasteiger partial charge in [0.1, 0.15) is 0 Å². The molecule has 1 aromatic heterocycles. The molecule has 1 aromatic carbocycles. The number of amides is 2. The summed E-state index contributed by atoms with van der Waals surface area (Å²) >= 11 is 2.61. The topological polar surface area (TPSA) is 84.0 Å². The van der Waals surface area contributed by atoms with Crippen LogP contribution in [0.1, 0.15) is 30.4 Å². The van der Waals surface area contributed by atoms with E-state index in [0.29, 0.717) is 9.47 Å². The third kappa shape index (κ3) is 4.58. The Morgan fingerprint density at radius 2 is 1.92 bits per heavy atom. The number of aromatic nitrogens is 2. The molecular formula is C17H20N4O2S2. The van der Waals surface area contributed by atoms with Gasteiger partial charge in [-0.15, -0.1) is 10.2 Å². The van der Waals surface area contributed by atoms with Gasteiger partial charge in [0.25, 0.3) is 0 Å². The van der Waals surface area contributed by atoms with Crippen LogP contribution in [0.25, 0.3) is 0 Å². The number of carbonyl (C=O) groups excluding carboxylic acids is 2. The number of hydrogen-bond donors (Lipinski definition) is 2. The molecule has 1 fully saturated rings. The number of benzene rings is 1. The summed E-state index contributed by atoms with van der Waals surface area (Å²) in [5.74, 6) is 0.298. The molecule has 0 bridgehead atoms. The molecule has 0 unspecified atom stereocenters. The second-order valence-electron chi connectivity index (χ2n) is 6.09. The average Bonchev–Trinajstić information content (AvgIpc) is 2.94. The molecule has 3 rings (SSSR count). The van der Waals surface area contributed by atoms with Crippen LogP contribution >= 0.6 is 23.1 Å². The van der Waals surface area contributed by atoms with Crippen molar-refractivity contribution in [3.63, 3.8) is 0 Å². The second-order valence-corrected chi connectivity index (χ2v) is 8.29. The van der Waals surface area contributed by atoms with Crippen LogP contribution in [0.5, 0.6) is 0 Å². The van der Waals surface area contributed by atoms with Crippen LogP contribution in [-0.4, -0.2) is 27.8 Å². The number of hydrogen-bond acceptors (Lipinski definition) is 6. The Morgan fingerprint density at radius 3 is 2.56 bits per heavy atom. The first-order chi connectivity index (χ1) is 12.0. The van der Waals surface area contributed by atoms with Crippen molar-refractivity contribution in [2.24, 2.45) is 5.92 Å². The number of nitrogens with zero attached hydrogens (tertiary/aromatic N) is 2. The third-order valence-corrected chi connectivity index (χ3v) is 6.16. The number of thioether (sulfide) groups is 1. The lowest BCUT2D eigenvalue weighted by Gasteiger charge is -2.23. The Balaban J connectivity index is 1.50. The Labute approximate surface area is 154 Å².